The molecular formula is C20H27N3O4. The zero-order chi connectivity index (χ0) is 19.8. The fourth-order valence-electron chi connectivity index (χ4n) is 3.22. The van der Waals surface area contributed by atoms with Crippen molar-refractivity contribution in [3.8, 4) is 5.75 Å². The van der Waals surface area contributed by atoms with Gasteiger partial charge in [-0.25, -0.2) is 0 Å². The number of carbonyl (C=O) groups excluding carboxylic acids is 3. The standard InChI is InChI=1S/C20H27N3O4/c1-4-10-21-20(26)18(15-8-11-23(12-9-15)14(2)24)22-19(25)16-6-5-7-17(13-16)27-3/h4-7,13,15,18H,1,8-12H2,2-3H3,(H,21,26)(H,22,25)/t18-/m1/s1. The normalized spacial score (nSPS) is 15.6. The Bertz CT molecular complexity index is 696. The van der Waals surface area contributed by atoms with E-state index in [2.05, 4.69) is 17.2 Å². The van der Waals surface area contributed by atoms with Crippen molar-refractivity contribution in [1.29, 1.82) is 0 Å². The summed E-state index contributed by atoms with van der Waals surface area (Å²) in [6.45, 7) is 6.64. The highest BCUT2D eigenvalue weighted by Crippen LogP contribution is 2.22. The third kappa shape index (κ3) is 5.57. The van der Waals surface area contributed by atoms with Gasteiger partial charge in [0, 0.05) is 32.1 Å². The van der Waals surface area contributed by atoms with E-state index in [-0.39, 0.29) is 23.6 Å². The summed E-state index contributed by atoms with van der Waals surface area (Å²) in [6.07, 6.45) is 2.91. The molecule has 7 heteroatoms. The molecule has 1 atom stereocenters. The lowest BCUT2D eigenvalue weighted by Crippen LogP contribution is -2.53. The van der Waals surface area contributed by atoms with Crippen LogP contribution in [0.15, 0.2) is 36.9 Å². The zero-order valence-corrected chi connectivity index (χ0v) is 15.9. The summed E-state index contributed by atoms with van der Waals surface area (Å²) in [5.74, 6) is -0.0133. The fourth-order valence-corrected chi connectivity index (χ4v) is 3.22. The van der Waals surface area contributed by atoms with E-state index in [1.54, 1.807) is 42.2 Å². The van der Waals surface area contributed by atoms with Crippen molar-refractivity contribution in [2.45, 2.75) is 25.8 Å². The van der Waals surface area contributed by atoms with Crippen LogP contribution in [0.1, 0.15) is 30.1 Å². The van der Waals surface area contributed by atoms with E-state index in [9.17, 15) is 14.4 Å². The Balaban J connectivity index is 2.12. The third-order valence-electron chi connectivity index (χ3n) is 4.78. The molecule has 146 valence electrons. The summed E-state index contributed by atoms with van der Waals surface area (Å²) >= 11 is 0. The number of nitrogens with zero attached hydrogens (tertiary/aromatic N) is 1. The van der Waals surface area contributed by atoms with Gasteiger partial charge in [-0.3, -0.25) is 14.4 Å². The van der Waals surface area contributed by atoms with Crippen LogP contribution < -0.4 is 15.4 Å². The van der Waals surface area contributed by atoms with Crippen molar-refractivity contribution >= 4 is 17.7 Å². The van der Waals surface area contributed by atoms with Crippen LogP contribution in [-0.4, -0.2) is 55.4 Å². The largest absolute Gasteiger partial charge is 0.497 e. The molecule has 1 aliphatic rings. The molecule has 0 radical (unpaired) electrons. The average Bonchev–Trinajstić information content (AvgIpc) is 2.70. The SMILES string of the molecule is C=CCNC(=O)[C@H](NC(=O)c1cccc(OC)c1)C1CCN(C(C)=O)CC1. The Hall–Kier alpha value is -2.83. The molecule has 0 saturated carbocycles. The number of ether oxygens (including phenoxy) is 1. The summed E-state index contributed by atoms with van der Waals surface area (Å²) in [5, 5.41) is 5.63. The second kappa shape index (κ2) is 9.75. The van der Waals surface area contributed by atoms with E-state index in [0.717, 1.165) is 0 Å². The van der Waals surface area contributed by atoms with Crippen LogP contribution in [0.4, 0.5) is 0 Å². The Morgan fingerprint density at radius 1 is 1.33 bits per heavy atom. The fraction of sp³-hybridized carbons (Fsp3) is 0.450. The van der Waals surface area contributed by atoms with Gasteiger partial charge in [-0.2, -0.15) is 0 Å². The van der Waals surface area contributed by atoms with E-state index < -0.39 is 6.04 Å². The van der Waals surface area contributed by atoms with E-state index in [1.807, 2.05) is 0 Å². The number of methoxy groups -OCH3 is 1. The molecule has 0 bridgehead atoms. The van der Waals surface area contributed by atoms with E-state index in [4.69, 9.17) is 4.74 Å². The second-order valence-electron chi connectivity index (χ2n) is 6.56. The van der Waals surface area contributed by atoms with E-state index >= 15 is 0 Å². The molecule has 0 aliphatic carbocycles. The summed E-state index contributed by atoms with van der Waals surface area (Å²) in [5.41, 5.74) is 0.428. The molecule has 1 aromatic carbocycles. The molecule has 1 fully saturated rings. The van der Waals surface area contributed by atoms with Crippen molar-refractivity contribution in [3.63, 3.8) is 0 Å². The van der Waals surface area contributed by atoms with Gasteiger partial charge in [-0.1, -0.05) is 12.1 Å². The number of amides is 3. The smallest absolute Gasteiger partial charge is 0.252 e. The molecule has 7 nitrogen and oxygen atoms in total. The number of carbonyl (C=O) groups is 3. The maximum atomic E-state index is 12.7. The van der Waals surface area contributed by atoms with Gasteiger partial charge in [0.1, 0.15) is 11.8 Å². The van der Waals surface area contributed by atoms with Gasteiger partial charge in [0.15, 0.2) is 0 Å². The zero-order valence-electron chi connectivity index (χ0n) is 15.9. The minimum Gasteiger partial charge on any atom is -0.497 e. The number of hydrogen-bond acceptors (Lipinski definition) is 4. The van der Waals surface area contributed by atoms with Crippen LogP contribution in [-0.2, 0) is 9.59 Å². The number of likely N-dealkylation sites (tertiary alicyclic amines) is 1. The number of hydrogen-bond donors (Lipinski definition) is 2. The van der Waals surface area contributed by atoms with Crippen LogP contribution in [0, 0.1) is 5.92 Å². The van der Waals surface area contributed by atoms with Crippen molar-refractivity contribution in [2.24, 2.45) is 5.92 Å². The van der Waals surface area contributed by atoms with Crippen LogP contribution >= 0.6 is 0 Å². The van der Waals surface area contributed by atoms with Gasteiger partial charge >= 0.3 is 0 Å². The minimum absolute atomic E-state index is 0.0292. The van der Waals surface area contributed by atoms with Gasteiger partial charge in [0.05, 0.1) is 7.11 Å². The summed E-state index contributed by atoms with van der Waals surface area (Å²) < 4.78 is 5.15. The van der Waals surface area contributed by atoms with Crippen molar-refractivity contribution in [2.75, 3.05) is 26.7 Å². The second-order valence-corrected chi connectivity index (χ2v) is 6.56. The number of benzene rings is 1. The summed E-state index contributed by atoms with van der Waals surface area (Å²) in [6, 6.07) is 6.12. The van der Waals surface area contributed by atoms with Crippen LogP contribution in [0.5, 0.6) is 5.75 Å². The maximum Gasteiger partial charge on any atom is 0.252 e. The summed E-state index contributed by atoms with van der Waals surface area (Å²) in [4.78, 5) is 38.6. The Kier molecular flexibility index (Phi) is 7.40. The molecule has 27 heavy (non-hydrogen) atoms. The lowest BCUT2D eigenvalue weighted by atomic mass is 9.88. The first-order valence-electron chi connectivity index (χ1n) is 9.05. The third-order valence-corrected chi connectivity index (χ3v) is 4.78. The quantitative estimate of drug-likeness (QED) is 0.707. The molecule has 0 unspecified atom stereocenters. The molecule has 1 aliphatic heterocycles. The molecule has 1 heterocycles. The lowest BCUT2D eigenvalue weighted by Gasteiger charge is -2.35. The first-order valence-corrected chi connectivity index (χ1v) is 9.05. The molecule has 1 aromatic rings. The predicted octanol–water partition coefficient (Wildman–Crippen LogP) is 1.35. The van der Waals surface area contributed by atoms with Crippen LogP contribution in [0.3, 0.4) is 0 Å². The van der Waals surface area contributed by atoms with Gasteiger partial charge in [-0.15, -0.1) is 6.58 Å². The minimum atomic E-state index is -0.669. The molecule has 2 N–H and O–H groups in total. The highest BCUT2D eigenvalue weighted by Gasteiger charge is 2.33. The highest BCUT2D eigenvalue weighted by atomic mass is 16.5. The molecule has 3 amide bonds. The topological polar surface area (TPSA) is 87.7 Å². The van der Waals surface area contributed by atoms with E-state index in [0.29, 0.717) is 43.8 Å². The Morgan fingerprint density at radius 3 is 2.63 bits per heavy atom. The van der Waals surface area contributed by atoms with Gasteiger partial charge in [-0.05, 0) is 37.0 Å². The molecule has 0 aromatic heterocycles. The predicted molar refractivity (Wildman–Crippen MR) is 102 cm³/mol. The van der Waals surface area contributed by atoms with E-state index in [1.165, 1.54) is 7.11 Å². The van der Waals surface area contributed by atoms with Crippen molar-refractivity contribution in [3.05, 3.63) is 42.5 Å². The Morgan fingerprint density at radius 2 is 2.04 bits per heavy atom. The highest BCUT2D eigenvalue weighted by molar-refractivity contribution is 5.98. The Labute approximate surface area is 159 Å². The molecule has 0 spiro atoms. The van der Waals surface area contributed by atoms with Crippen molar-refractivity contribution in [1.82, 2.24) is 15.5 Å². The summed E-state index contributed by atoms with van der Waals surface area (Å²) in [7, 11) is 1.53. The number of rotatable bonds is 7. The number of piperidine rings is 1. The van der Waals surface area contributed by atoms with Crippen molar-refractivity contribution < 1.29 is 19.1 Å². The van der Waals surface area contributed by atoms with Gasteiger partial charge < -0.3 is 20.3 Å². The van der Waals surface area contributed by atoms with Crippen LogP contribution in [0.2, 0.25) is 0 Å². The van der Waals surface area contributed by atoms with Gasteiger partial charge in [0.2, 0.25) is 11.8 Å². The molecule has 1 saturated heterocycles. The first kappa shape index (κ1) is 20.5. The maximum absolute atomic E-state index is 12.7. The van der Waals surface area contributed by atoms with Gasteiger partial charge in [0.25, 0.3) is 5.91 Å². The monoisotopic (exact) mass is 373 g/mol. The first-order chi connectivity index (χ1) is 13.0. The molecular weight excluding hydrogens is 346 g/mol. The average molecular weight is 373 g/mol. The van der Waals surface area contributed by atoms with Crippen LogP contribution in [0.25, 0.3) is 0 Å². The number of nitrogens with one attached hydrogen (secondary N) is 2. The molecule has 2 rings (SSSR count). The lowest BCUT2D eigenvalue weighted by molar-refractivity contribution is -0.130.